The van der Waals surface area contributed by atoms with Gasteiger partial charge in [0, 0.05) is 20.0 Å². The van der Waals surface area contributed by atoms with E-state index in [1.807, 2.05) is 0 Å². The summed E-state index contributed by atoms with van der Waals surface area (Å²) in [5, 5.41) is 113. The van der Waals surface area contributed by atoms with Crippen molar-refractivity contribution in [2.75, 3.05) is 46.2 Å². The topological polar surface area (TPSA) is 437 Å². The second kappa shape index (κ2) is 27.7. The molecular weight excluding hydrogens is 820 g/mol. The third kappa shape index (κ3) is 17.6. The van der Waals surface area contributed by atoms with Crippen molar-refractivity contribution in [2.24, 2.45) is 0 Å². The zero-order valence-electron chi connectivity index (χ0n) is 34.1. The van der Waals surface area contributed by atoms with Crippen molar-refractivity contribution in [3.8, 4) is 0 Å². The van der Waals surface area contributed by atoms with Crippen LogP contribution in [0.3, 0.4) is 0 Å². The molecule has 6 heterocycles. The summed E-state index contributed by atoms with van der Waals surface area (Å²) >= 11 is 0. The Bertz CT molecular complexity index is 1150. The number of ether oxygens (including phenoxy) is 9. The number of rotatable bonds is 6. The van der Waals surface area contributed by atoms with Gasteiger partial charge in [-0.1, -0.05) is 0 Å². The zero-order valence-corrected chi connectivity index (χ0v) is 34.1. The zero-order chi connectivity index (χ0) is 42.6. The van der Waals surface area contributed by atoms with Crippen LogP contribution in [0.15, 0.2) is 0 Å². The lowest BCUT2D eigenvalue weighted by Gasteiger charge is -2.50. The highest BCUT2D eigenvalue weighted by atomic mass is 16.8. The molecule has 360 valence electrons. The van der Waals surface area contributed by atoms with E-state index in [2.05, 4.69) is 4.74 Å². The predicted octanol–water partition coefficient (Wildman–Crippen LogP) is -7.98. The van der Waals surface area contributed by atoms with E-state index in [4.69, 9.17) is 63.4 Å². The van der Waals surface area contributed by atoms with E-state index in [0.717, 1.165) is 12.8 Å². The number of esters is 1. The number of hydrogen-bond acceptors (Lipinski definition) is 22. The monoisotopic (exact) mass is 890 g/mol. The summed E-state index contributed by atoms with van der Waals surface area (Å²) in [6, 6.07) is 0. The van der Waals surface area contributed by atoms with E-state index in [9.17, 15) is 40.5 Å². The van der Waals surface area contributed by atoms with Crippen LogP contribution in [0.5, 0.6) is 0 Å². The van der Waals surface area contributed by atoms with Gasteiger partial charge in [-0.05, 0) is 40.0 Å². The van der Waals surface area contributed by atoms with Gasteiger partial charge < -0.3 is 120 Å². The Hall–Kier alpha value is -1.45. The molecule has 0 amide bonds. The van der Waals surface area contributed by atoms with Gasteiger partial charge in [-0.15, -0.1) is 0 Å². The minimum Gasteiger partial charge on any atom is -0.463 e. The van der Waals surface area contributed by atoms with Crippen molar-refractivity contribution >= 4 is 5.97 Å². The van der Waals surface area contributed by atoms with Gasteiger partial charge in [0.05, 0.1) is 69.7 Å². The van der Waals surface area contributed by atoms with Gasteiger partial charge in [-0.25, -0.2) is 0 Å². The molecule has 6 aliphatic heterocycles. The molecule has 6 rings (SSSR count). The molecule has 60 heavy (non-hydrogen) atoms. The normalized spacial score (nSPS) is 42.1. The average molecular weight is 891 g/mol. The maximum atomic E-state index is 10.5. The Morgan fingerprint density at radius 3 is 1.90 bits per heavy atom. The lowest BCUT2D eigenvalue weighted by Crippen LogP contribution is -2.66. The van der Waals surface area contributed by atoms with Gasteiger partial charge in [0.15, 0.2) is 18.4 Å². The molecule has 25 nitrogen and oxygen atoms in total. The second-order valence-electron chi connectivity index (χ2n) is 15.1. The van der Waals surface area contributed by atoms with Crippen molar-refractivity contribution in [2.45, 2.75) is 169 Å². The van der Waals surface area contributed by atoms with Crippen LogP contribution in [0.1, 0.15) is 53.4 Å². The molecule has 0 aromatic carbocycles. The Morgan fingerprint density at radius 1 is 0.700 bits per heavy atom. The fourth-order valence-electron chi connectivity index (χ4n) is 6.41. The maximum absolute atomic E-state index is 10.5. The fraction of sp³-hybridized carbons (Fsp3) is 0.971. The lowest BCUT2D eigenvalue weighted by molar-refractivity contribution is -0.396. The van der Waals surface area contributed by atoms with Crippen LogP contribution in [0, 0.1) is 0 Å². The first-order valence-corrected chi connectivity index (χ1v) is 19.1. The summed E-state index contributed by atoms with van der Waals surface area (Å²) in [5.41, 5.74) is 0. The number of aliphatic hydroxyl groups excluding tert-OH is 12. The highest BCUT2D eigenvalue weighted by Crippen LogP contribution is 2.34. The van der Waals surface area contributed by atoms with Crippen molar-refractivity contribution < 1.29 is 125 Å². The van der Waals surface area contributed by atoms with E-state index in [1.54, 1.807) is 13.8 Å². The molecule has 6 fully saturated rings. The highest BCUT2D eigenvalue weighted by Gasteiger charge is 2.53. The van der Waals surface area contributed by atoms with Crippen LogP contribution in [0.4, 0.5) is 0 Å². The molecular formula is C35H70O25. The van der Waals surface area contributed by atoms with Gasteiger partial charge in [-0.2, -0.15) is 0 Å². The van der Waals surface area contributed by atoms with Gasteiger partial charge in [-0.3, -0.25) is 4.79 Å². The van der Waals surface area contributed by atoms with Crippen LogP contribution in [0.2, 0.25) is 0 Å². The average Bonchev–Trinajstić information content (AvgIpc) is 3.17. The molecule has 0 saturated carbocycles. The smallest absolute Gasteiger partial charge is 0.302 e. The van der Waals surface area contributed by atoms with Crippen molar-refractivity contribution in [1.29, 1.82) is 0 Å². The Labute approximate surface area is 346 Å². The molecule has 0 bridgehead atoms. The summed E-state index contributed by atoms with van der Waals surface area (Å²) in [7, 11) is 0. The summed E-state index contributed by atoms with van der Waals surface area (Å²) < 4.78 is 47.2. The molecule has 0 aliphatic carbocycles. The summed E-state index contributed by atoms with van der Waals surface area (Å²) in [5.74, 6) is -1.34. The van der Waals surface area contributed by atoms with E-state index >= 15 is 0 Å². The third-order valence-corrected chi connectivity index (χ3v) is 9.92. The number of carbonyl (C=O) groups excluding carboxylic acids is 1. The van der Waals surface area contributed by atoms with Crippen LogP contribution < -0.4 is 0 Å². The highest BCUT2D eigenvalue weighted by molar-refractivity contribution is 5.65. The molecule has 18 N–H and O–H groups in total. The largest absolute Gasteiger partial charge is 0.463 e. The summed E-state index contributed by atoms with van der Waals surface area (Å²) in [4.78, 5) is 10.5. The van der Waals surface area contributed by atoms with E-state index < -0.39 is 104 Å². The van der Waals surface area contributed by atoms with E-state index in [0.29, 0.717) is 26.1 Å². The first-order valence-electron chi connectivity index (χ1n) is 19.1. The maximum Gasteiger partial charge on any atom is 0.302 e. The van der Waals surface area contributed by atoms with Crippen molar-refractivity contribution in [3.63, 3.8) is 0 Å². The van der Waals surface area contributed by atoms with Crippen molar-refractivity contribution in [3.05, 3.63) is 0 Å². The molecule has 0 spiro atoms. The van der Waals surface area contributed by atoms with Gasteiger partial charge in [0.1, 0.15) is 67.6 Å². The molecule has 6 saturated heterocycles. The molecule has 0 radical (unpaired) electrons. The number of hydrogen-bond donors (Lipinski definition) is 12. The SMILES string of the molecule is CC(=O)OCC1OCC[C@H](O)[C@@H]1O.CC1O[C@@H](O)C(O)[C@H](O)[C@H]1O[C@@H]1OC2COC(C)(C)O[C@H]2[C@@H](O)C1O.O.O.O.OCC1CCC(O)CO1.OCC1C[C@@H](O)C(O)CO1. The molecule has 0 aromatic heterocycles. The Morgan fingerprint density at radius 2 is 1.33 bits per heavy atom. The molecule has 0 aromatic rings. The first kappa shape index (κ1) is 58.6. The van der Waals surface area contributed by atoms with Crippen LogP contribution >= 0.6 is 0 Å². The summed E-state index contributed by atoms with van der Waals surface area (Å²) in [6.45, 7) is 7.18. The summed E-state index contributed by atoms with van der Waals surface area (Å²) in [6.07, 6.45) is -14.2. The Kier molecular flexibility index (Phi) is 27.0. The minimum atomic E-state index is -1.57. The number of fused-ring (bicyclic) bond motifs is 1. The number of carbonyl (C=O) groups is 1. The first-order chi connectivity index (χ1) is 26.8. The third-order valence-electron chi connectivity index (χ3n) is 9.92. The molecule has 18 atom stereocenters. The Balaban J connectivity index is 0.000000840. The van der Waals surface area contributed by atoms with Crippen molar-refractivity contribution in [1.82, 2.24) is 0 Å². The molecule has 9 unspecified atom stereocenters. The standard InChI is InChI=1S/C15H26O10.C8H14O5.C6H12O4.C6H12O3.3H2O/c1-5-11(7(16)9(18)13(20)22-5)24-14-10(19)8(17)12-6(23-14)4-21-15(2,3)25-12;1-5(9)13-4-7-8(11)6(10)2-3-12-7;7-2-4-1-5(8)6(9)3-10-4;7-3-6-2-1-5(8)4-9-6;;;/h5-14,16-20H,4H2,1-3H3;6-8,10-11H,2-4H2,1H3;4-9H,1-3H2;5-8H,1-4H2;3*1H2/t5?,6?,7-,8-,9?,10?,11-,12+,13+,14-;6-,7?,8-;4?,5-,6?;;;;/m001..../s1. The lowest BCUT2D eigenvalue weighted by atomic mass is 9.96. The molecule has 25 heteroatoms. The van der Waals surface area contributed by atoms with Gasteiger partial charge in [0.25, 0.3) is 0 Å². The number of aliphatic hydroxyl groups is 12. The van der Waals surface area contributed by atoms with Gasteiger partial charge >= 0.3 is 5.97 Å². The minimum absolute atomic E-state index is 0. The molecule has 6 aliphatic rings. The van der Waals surface area contributed by atoms with Crippen LogP contribution in [-0.2, 0) is 47.4 Å². The second-order valence-corrected chi connectivity index (χ2v) is 15.1. The fourth-order valence-corrected chi connectivity index (χ4v) is 6.41. The van der Waals surface area contributed by atoms with Crippen LogP contribution in [0.25, 0.3) is 0 Å². The van der Waals surface area contributed by atoms with Gasteiger partial charge in [0.2, 0.25) is 0 Å². The van der Waals surface area contributed by atoms with Crippen LogP contribution in [-0.4, -0.2) is 246 Å². The predicted molar refractivity (Wildman–Crippen MR) is 198 cm³/mol. The quantitative estimate of drug-likeness (QED) is 0.110. The van der Waals surface area contributed by atoms with E-state index in [1.165, 1.54) is 13.8 Å². The van der Waals surface area contributed by atoms with E-state index in [-0.39, 0.29) is 67.8 Å².